The van der Waals surface area contributed by atoms with Crippen LogP contribution in [0.2, 0.25) is 0 Å². The predicted molar refractivity (Wildman–Crippen MR) is 65.5 cm³/mol. The maximum atomic E-state index is 11.9. The lowest BCUT2D eigenvalue weighted by Gasteiger charge is -2.22. The van der Waals surface area contributed by atoms with Gasteiger partial charge >= 0.3 is 0 Å². The maximum Gasteiger partial charge on any atom is 0.256 e. The summed E-state index contributed by atoms with van der Waals surface area (Å²) in [5.41, 5.74) is 6.19. The zero-order valence-corrected chi connectivity index (χ0v) is 10.1. The standard InChI is InChI=1S/C11H19N5O/c1-16-10(12)9(7-15-16)11(17)14-6-8-3-2-4-13-5-8/h7-8,13H,2-6,12H2,1H3,(H,14,17). The van der Waals surface area contributed by atoms with Crippen LogP contribution in [0.25, 0.3) is 0 Å². The SMILES string of the molecule is Cn1ncc(C(=O)NCC2CCCNC2)c1N. The first-order chi connectivity index (χ1) is 8.18. The largest absolute Gasteiger partial charge is 0.383 e. The summed E-state index contributed by atoms with van der Waals surface area (Å²) in [6.07, 6.45) is 3.84. The maximum absolute atomic E-state index is 11.9. The molecule has 1 aliphatic rings. The highest BCUT2D eigenvalue weighted by molar-refractivity contribution is 5.98. The zero-order valence-electron chi connectivity index (χ0n) is 10.1. The van der Waals surface area contributed by atoms with Crippen LogP contribution >= 0.6 is 0 Å². The van der Waals surface area contributed by atoms with Crippen molar-refractivity contribution in [3.05, 3.63) is 11.8 Å². The van der Waals surface area contributed by atoms with Crippen molar-refractivity contribution in [3.63, 3.8) is 0 Å². The molecule has 6 heteroatoms. The number of hydrogen-bond acceptors (Lipinski definition) is 4. The molecule has 0 aliphatic carbocycles. The number of nitrogens with two attached hydrogens (primary N) is 1. The number of nitrogens with one attached hydrogen (secondary N) is 2. The number of anilines is 1. The van der Waals surface area contributed by atoms with E-state index in [4.69, 9.17) is 5.73 Å². The number of nitrogens with zero attached hydrogens (tertiary/aromatic N) is 2. The fourth-order valence-corrected chi connectivity index (χ4v) is 2.05. The Labute approximate surface area is 101 Å². The van der Waals surface area contributed by atoms with E-state index in [0.29, 0.717) is 23.8 Å². The number of hydrogen-bond donors (Lipinski definition) is 3. The normalized spacial score (nSPS) is 20.2. The smallest absolute Gasteiger partial charge is 0.256 e. The van der Waals surface area contributed by atoms with Crippen LogP contribution in [-0.4, -0.2) is 35.3 Å². The van der Waals surface area contributed by atoms with Crippen LogP contribution < -0.4 is 16.4 Å². The molecule has 2 rings (SSSR count). The average Bonchev–Trinajstić information content (AvgIpc) is 2.69. The summed E-state index contributed by atoms with van der Waals surface area (Å²) in [6.45, 7) is 2.75. The number of carbonyl (C=O) groups excluding carboxylic acids is 1. The van der Waals surface area contributed by atoms with E-state index in [-0.39, 0.29) is 5.91 Å². The summed E-state index contributed by atoms with van der Waals surface area (Å²) in [5, 5.41) is 10.2. The number of nitrogen functional groups attached to an aromatic ring is 1. The Bertz CT molecular complexity index is 395. The minimum atomic E-state index is -0.138. The van der Waals surface area contributed by atoms with Crippen molar-refractivity contribution in [1.29, 1.82) is 0 Å². The van der Waals surface area contributed by atoms with Crippen LogP contribution in [0, 0.1) is 5.92 Å². The highest BCUT2D eigenvalue weighted by atomic mass is 16.1. The number of rotatable bonds is 3. The van der Waals surface area contributed by atoms with Crippen molar-refractivity contribution in [2.45, 2.75) is 12.8 Å². The second-order valence-electron chi connectivity index (χ2n) is 4.49. The van der Waals surface area contributed by atoms with E-state index in [1.807, 2.05) is 0 Å². The van der Waals surface area contributed by atoms with Gasteiger partial charge in [-0.3, -0.25) is 9.48 Å². The number of aryl methyl sites for hydroxylation is 1. The van der Waals surface area contributed by atoms with E-state index < -0.39 is 0 Å². The molecule has 1 saturated heterocycles. The van der Waals surface area contributed by atoms with E-state index in [1.54, 1.807) is 7.05 Å². The molecule has 17 heavy (non-hydrogen) atoms. The van der Waals surface area contributed by atoms with Gasteiger partial charge in [0.05, 0.1) is 6.20 Å². The minimum absolute atomic E-state index is 0.138. The second kappa shape index (κ2) is 5.18. The second-order valence-corrected chi connectivity index (χ2v) is 4.49. The van der Waals surface area contributed by atoms with Crippen LogP contribution in [0.5, 0.6) is 0 Å². The Balaban J connectivity index is 1.86. The molecule has 0 aromatic carbocycles. The molecule has 2 heterocycles. The number of piperidine rings is 1. The first-order valence-corrected chi connectivity index (χ1v) is 5.95. The van der Waals surface area contributed by atoms with Crippen LogP contribution in [0.3, 0.4) is 0 Å². The van der Waals surface area contributed by atoms with E-state index in [1.165, 1.54) is 17.3 Å². The highest BCUT2D eigenvalue weighted by Gasteiger charge is 2.17. The Morgan fingerprint density at radius 3 is 3.18 bits per heavy atom. The van der Waals surface area contributed by atoms with Gasteiger partial charge in [0.2, 0.25) is 0 Å². The van der Waals surface area contributed by atoms with Gasteiger partial charge in [-0.25, -0.2) is 0 Å². The van der Waals surface area contributed by atoms with Crippen LogP contribution in [-0.2, 0) is 7.05 Å². The molecule has 1 unspecified atom stereocenters. The first kappa shape index (κ1) is 11.9. The Hall–Kier alpha value is -1.56. The van der Waals surface area contributed by atoms with E-state index >= 15 is 0 Å². The summed E-state index contributed by atoms with van der Waals surface area (Å²) in [5.74, 6) is 0.788. The molecular weight excluding hydrogens is 218 g/mol. The van der Waals surface area contributed by atoms with Crippen molar-refractivity contribution in [1.82, 2.24) is 20.4 Å². The molecule has 94 valence electrons. The molecule has 1 amide bonds. The summed E-state index contributed by atoms with van der Waals surface area (Å²) in [7, 11) is 1.72. The summed E-state index contributed by atoms with van der Waals surface area (Å²) in [6, 6.07) is 0. The van der Waals surface area contributed by atoms with Gasteiger partial charge in [-0.2, -0.15) is 5.10 Å². The summed E-state index contributed by atoms with van der Waals surface area (Å²) in [4.78, 5) is 11.9. The summed E-state index contributed by atoms with van der Waals surface area (Å²) < 4.78 is 1.50. The quantitative estimate of drug-likeness (QED) is 0.675. The van der Waals surface area contributed by atoms with Gasteiger partial charge in [-0.05, 0) is 31.8 Å². The third-order valence-corrected chi connectivity index (χ3v) is 3.18. The minimum Gasteiger partial charge on any atom is -0.383 e. The third kappa shape index (κ3) is 2.76. The molecule has 4 N–H and O–H groups in total. The van der Waals surface area contributed by atoms with Crippen molar-refractivity contribution < 1.29 is 4.79 Å². The van der Waals surface area contributed by atoms with Crippen molar-refractivity contribution >= 4 is 11.7 Å². The van der Waals surface area contributed by atoms with Gasteiger partial charge in [-0.15, -0.1) is 0 Å². The Morgan fingerprint density at radius 1 is 1.76 bits per heavy atom. The molecule has 1 fully saturated rings. The Morgan fingerprint density at radius 2 is 2.59 bits per heavy atom. The molecule has 1 aromatic rings. The molecule has 0 radical (unpaired) electrons. The molecule has 1 aromatic heterocycles. The van der Waals surface area contributed by atoms with Gasteiger partial charge in [0.25, 0.3) is 5.91 Å². The third-order valence-electron chi connectivity index (χ3n) is 3.18. The van der Waals surface area contributed by atoms with Gasteiger partial charge in [0.15, 0.2) is 0 Å². The van der Waals surface area contributed by atoms with E-state index in [0.717, 1.165) is 19.5 Å². The predicted octanol–water partition coefficient (Wildman–Crippen LogP) is -0.268. The fraction of sp³-hybridized carbons (Fsp3) is 0.636. The molecular formula is C11H19N5O. The zero-order chi connectivity index (χ0) is 12.3. The molecule has 0 spiro atoms. The van der Waals surface area contributed by atoms with Crippen LogP contribution in [0.15, 0.2) is 6.20 Å². The lowest BCUT2D eigenvalue weighted by Crippen LogP contribution is -2.38. The van der Waals surface area contributed by atoms with Gasteiger partial charge in [0, 0.05) is 13.6 Å². The monoisotopic (exact) mass is 237 g/mol. The molecule has 6 nitrogen and oxygen atoms in total. The Kier molecular flexibility index (Phi) is 3.63. The van der Waals surface area contributed by atoms with Crippen molar-refractivity contribution in [2.75, 3.05) is 25.4 Å². The lowest BCUT2D eigenvalue weighted by molar-refractivity contribution is 0.0945. The van der Waals surface area contributed by atoms with Crippen LogP contribution in [0.1, 0.15) is 23.2 Å². The molecule has 1 atom stereocenters. The highest BCUT2D eigenvalue weighted by Crippen LogP contribution is 2.11. The van der Waals surface area contributed by atoms with Gasteiger partial charge in [0.1, 0.15) is 11.4 Å². The first-order valence-electron chi connectivity index (χ1n) is 5.95. The van der Waals surface area contributed by atoms with Gasteiger partial charge < -0.3 is 16.4 Å². The van der Waals surface area contributed by atoms with Gasteiger partial charge in [-0.1, -0.05) is 0 Å². The van der Waals surface area contributed by atoms with E-state index in [2.05, 4.69) is 15.7 Å². The topological polar surface area (TPSA) is 85.0 Å². The van der Waals surface area contributed by atoms with Crippen molar-refractivity contribution in [3.8, 4) is 0 Å². The number of amides is 1. The number of aromatic nitrogens is 2. The average molecular weight is 237 g/mol. The lowest BCUT2D eigenvalue weighted by atomic mass is 10.00. The van der Waals surface area contributed by atoms with Crippen molar-refractivity contribution in [2.24, 2.45) is 13.0 Å². The van der Waals surface area contributed by atoms with Crippen LogP contribution in [0.4, 0.5) is 5.82 Å². The molecule has 1 aliphatic heterocycles. The fourth-order valence-electron chi connectivity index (χ4n) is 2.05. The number of carbonyl (C=O) groups is 1. The molecule has 0 saturated carbocycles. The summed E-state index contributed by atoms with van der Waals surface area (Å²) >= 11 is 0. The van der Waals surface area contributed by atoms with E-state index in [9.17, 15) is 4.79 Å². The molecule has 0 bridgehead atoms.